The number of carbonyl (C=O) groups excluding carboxylic acids is 1. The van der Waals surface area contributed by atoms with Gasteiger partial charge < -0.3 is 4.42 Å². The largest absolute Gasteiger partial charge is 0.467 e. The van der Waals surface area contributed by atoms with Crippen LogP contribution in [0.4, 0.5) is 0 Å². The van der Waals surface area contributed by atoms with Crippen LogP contribution < -0.4 is 0 Å². The summed E-state index contributed by atoms with van der Waals surface area (Å²) in [6.07, 6.45) is 2.19. The lowest BCUT2D eigenvalue weighted by atomic mass is 10.1. The molecule has 5 rings (SSSR count). The lowest BCUT2D eigenvalue weighted by Crippen LogP contribution is -2.31. The Bertz CT molecular complexity index is 1200. The number of tetrazole rings is 1. The molecule has 1 aromatic carbocycles. The number of thiophene rings is 1. The highest BCUT2D eigenvalue weighted by molar-refractivity contribution is 9.10. The SMILES string of the molecule is O=C(Cn1nnc(-c2ccccc2Br)n1)N1N=C(c2cccs2)C[C@H]1c1ccco1. The second kappa shape index (κ2) is 7.96. The third-order valence-electron chi connectivity index (χ3n) is 4.69. The summed E-state index contributed by atoms with van der Waals surface area (Å²) in [6.45, 7) is -0.0735. The summed E-state index contributed by atoms with van der Waals surface area (Å²) in [7, 11) is 0. The molecule has 1 aliphatic rings. The van der Waals surface area contributed by atoms with E-state index in [0.29, 0.717) is 18.0 Å². The second-order valence-electron chi connectivity index (χ2n) is 6.62. The van der Waals surface area contributed by atoms with Gasteiger partial charge in [0.2, 0.25) is 5.82 Å². The molecule has 0 radical (unpaired) electrons. The lowest BCUT2D eigenvalue weighted by molar-refractivity contribution is -0.134. The Morgan fingerprint density at radius 3 is 2.87 bits per heavy atom. The second-order valence-corrected chi connectivity index (χ2v) is 8.42. The molecule has 1 aliphatic heterocycles. The Morgan fingerprint density at radius 1 is 1.20 bits per heavy atom. The molecular formula is C20H15BrN6O2S. The van der Waals surface area contributed by atoms with Gasteiger partial charge in [-0.2, -0.15) is 9.90 Å². The van der Waals surface area contributed by atoms with Gasteiger partial charge in [-0.1, -0.05) is 34.1 Å². The van der Waals surface area contributed by atoms with Crippen molar-refractivity contribution in [1.82, 2.24) is 25.2 Å². The first-order valence-corrected chi connectivity index (χ1v) is 10.9. The van der Waals surface area contributed by atoms with Crippen LogP contribution in [0.5, 0.6) is 0 Å². The van der Waals surface area contributed by atoms with Crippen LogP contribution in [0.1, 0.15) is 23.1 Å². The number of furan rings is 1. The van der Waals surface area contributed by atoms with Crippen LogP contribution in [0.15, 0.2) is 74.2 Å². The zero-order valence-electron chi connectivity index (χ0n) is 15.6. The van der Waals surface area contributed by atoms with Crippen molar-refractivity contribution in [2.45, 2.75) is 19.0 Å². The number of benzene rings is 1. The molecule has 0 saturated heterocycles. The fourth-order valence-electron chi connectivity index (χ4n) is 3.29. The summed E-state index contributed by atoms with van der Waals surface area (Å²) >= 11 is 5.08. The summed E-state index contributed by atoms with van der Waals surface area (Å²) in [5.41, 5.74) is 1.67. The average Bonchev–Trinajstić information content (AvgIpc) is 3.54. The molecular weight excluding hydrogens is 468 g/mol. The molecule has 1 atom stereocenters. The number of aromatic nitrogens is 4. The summed E-state index contributed by atoms with van der Waals surface area (Å²) in [4.78, 5) is 15.4. The first kappa shape index (κ1) is 18.9. The number of carbonyl (C=O) groups is 1. The van der Waals surface area contributed by atoms with Gasteiger partial charge in [-0.15, -0.1) is 21.5 Å². The summed E-state index contributed by atoms with van der Waals surface area (Å²) < 4.78 is 6.43. The number of hydrogen-bond acceptors (Lipinski definition) is 7. The zero-order chi connectivity index (χ0) is 20.5. The highest BCUT2D eigenvalue weighted by Gasteiger charge is 2.35. The van der Waals surface area contributed by atoms with E-state index in [9.17, 15) is 4.79 Å². The molecule has 0 bridgehead atoms. The van der Waals surface area contributed by atoms with E-state index in [1.165, 1.54) is 9.81 Å². The van der Waals surface area contributed by atoms with Crippen molar-refractivity contribution >= 4 is 38.9 Å². The average molecular weight is 483 g/mol. The van der Waals surface area contributed by atoms with E-state index in [1.54, 1.807) is 17.6 Å². The van der Waals surface area contributed by atoms with Crippen molar-refractivity contribution in [2.24, 2.45) is 5.10 Å². The van der Waals surface area contributed by atoms with E-state index < -0.39 is 0 Å². The first-order valence-electron chi connectivity index (χ1n) is 9.18. The Hall–Kier alpha value is -3.11. The van der Waals surface area contributed by atoms with Gasteiger partial charge in [-0.05, 0) is 40.9 Å². The van der Waals surface area contributed by atoms with Gasteiger partial charge in [0.1, 0.15) is 18.3 Å². The standard InChI is InChI=1S/C20H15BrN6O2S/c21-14-6-2-1-5-13(14)20-22-25-26(24-20)12-19(28)27-16(17-7-3-9-29-17)11-15(23-27)18-8-4-10-30-18/h1-10,16H,11-12H2/t16-/m0/s1. The summed E-state index contributed by atoms with van der Waals surface area (Å²) in [5.74, 6) is 0.903. The van der Waals surface area contributed by atoms with Gasteiger partial charge in [0.05, 0.1) is 16.9 Å². The number of hydrogen-bond donors (Lipinski definition) is 0. The molecule has 0 N–H and O–H groups in total. The molecule has 1 amide bonds. The van der Waals surface area contributed by atoms with Gasteiger partial charge in [0, 0.05) is 16.5 Å². The first-order chi connectivity index (χ1) is 14.7. The third-order valence-corrected chi connectivity index (χ3v) is 6.30. The zero-order valence-corrected chi connectivity index (χ0v) is 18.0. The highest BCUT2D eigenvalue weighted by atomic mass is 79.9. The van der Waals surface area contributed by atoms with Gasteiger partial charge in [0.15, 0.2) is 0 Å². The Morgan fingerprint density at radius 2 is 2.10 bits per heavy atom. The molecule has 0 unspecified atom stereocenters. The number of amides is 1. The van der Waals surface area contributed by atoms with Crippen LogP contribution in [0.2, 0.25) is 0 Å². The predicted octanol–water partition coefficient (Wildman–Crippen LogP) is 4.14. The molecule has 0 spiro atoms. The monoisotopic (exact) mass is 482 g/mol. The molecule has 0 aliphatic carbocycles. The Labute approximate surface area is 183 Å². The fourth-order valence-corrected chi connectivity index (χ4v) is 4.47. The number of halogens is 1. The Balaban J connectivity index is 1.39. The maximum atomic E-state index is 13.1. The van der Waals surface area contributed by atoms with Gasteiger partial charge in [-0.25, -0.2) is 5.01 Å². The van der Waals surface area contributed by atoms with Gasteiger partial charge in [0.25, 0.3) is 5.91 Å². The summed E-state index contributed by atoms with van der Waals surface area (Å²) in [5, 5.41) is 20.5. The fraction of sp³-hybridized carbons (Fsp3) is 0.150. The van der Waals surface area contributed by atoms with Crippen LogP contribution in [0, 0.1) is 0 Å². The quantitative estimate of drug-likeness (QED) is 0.426. The number of rotatable bonds is 5. The van der Waals surface area contributed by atoms with Gasteiger partial charge in [-0.3, -0.25) is 4.79 Å². The molecule has 8 nitrogen and oxygen atoms in total. The van der Waals surface area contributed by atoms with E-state index in [0.717, 1.165) is 20.6 Å². The smallest absolute Gasteiger partial charge is 0.267 e. The number of hydrazone groups is 1. The van der Waals surface area contributed by atoms with E-state index in [4.69, 9.17) is 4.42 Å². The molecule has 4 heterocycles. The molecule has 30 heavy (non-hydrogen) atoms. The third kappa shape index (κ3) is 3.59. The van der Waals surface area contributed by atoms with Crippen LogP contribution in [-0.4, -0.2) is 36.8 Å². The highest BCUT2D eigenvalue weighted by Crippen LogP contribution is 2.34. The van der Waals surface area contributed by atoms with E-state index >= 15 is 0 Å². The van der Waals surface area contributed by atoms with E-state index in [1.807, 2.05) is 53.9 Å². The van der Waals surface area contributed by atoms with E-state index in [-0.39, 0.29) is 18.5 Å². The predicted molar refractivity (Wildman–Crippen MR) is 115 cm³/mol. The van der Waals surface area contributed by atoms with Crippen LogP contribution in [-0.2, 0) is 11.3 Å². The van der Waals surface area contributed by atoms with Crippen molar-refractivity contribution in [3.05, 3.63) is 75.3 Å². The van der Waals surface area contributed by atoms with Crippen molar-refractivity contribution < 1.29 is 9.21 Å². The lowest BCUT2D eigenvalue weighted by Gasteiger charge is -2.19. The van der Waals surface area contributed by atoms with Crippen LogP contribution in [0.25, 0.3) is 11.4 Å². The van der Waals surface area contributed by atoms with E-state index in [2.05, 4.69) is 36.4 Å². The van der Waals surface area contributed by atoms with Crippen molar-refractivity contribution in [1.29, 1.82) is 0 Å². The van der Waals surface area contributed by atoms with Crippen molar-refractivity contribution in [3.8, 4) is 11.4 Å². The van der Waals surface area contributed by atoms with Gasteiger partial charge >= 0.3 is 0 Å². The minimum atomic E-state index is -0.296. The minimum absolute atomic E-state index is 0.0735. The van der Waals surface area contributed by atoms with Crippen LogP contribution in [0.3, 0.4) is 0 Å². The molecule has 4 aromatic rings. The maximum absolute atomic E-state index is 13.1. The normalized spacial score (nSPS) is 16.1. The maximum Gasteiger partial charge on any atom is 0.267 e. The summed E-state index contributed by atoms with van der Waals surface area (Å²) in [6, 6.07) is 14.9. The molecule has 0 saturated carbocycles. The molecule has 0 fully saturated rings. The number of nitrogens with zero attached hydrogens (tertiary/aromatic N) is 6. The molecule has 150 valence electrons. The molecule has 3 aromatic heterocycles. The van der Waals surface area contributed by atoms with Crippen molar-refractivity contribution in [3.63, 3.8) is 0 Å². The minimum Gasteiger partial charge on any atom is -0.467 e. The van der Waals surface area contributed by atoms with Crippen molar-refractivity contribution in [2.75, 3.05) is 0 Å². The molecule has 10 heteroatoms. The Kier molecular flexibility index (Phi) is 5.01. The van der Waals surface area contributed by atoms with Crippen LogP contribution >= 0.6 is 27.3 Å². The topological polar surface area (TPSA) is 89.4 Å².